The predicted octanol–water partition coefficient (Wildman–Crippen LogP) is 2.02. The van der Waals surface area contributed by atoms with Gasteiger partial charge in [0, 0.05) is 38.8 Å². The van der Waals surface area contributed by atoms with E-state index in [-0.39, 0.29) is 17.7 Å². The Labute approximate surface area is 160 Å². The molecule has 2 saturated carbocycles. The molecule has 4 aliphatic rings. The summed E-state index contributed by atoms with van der Waals surface area (Å²) in [6.45, 7) is 1.02. The van der Waals surface area contributed by atoms with Gasteiger partial charge in [-0.3, -0.25) is 4.90 Å². The highest BCUT2D eigenvalue weighted by molar-refractivity contribution is 5.59. The van der Waals surface area contributed by atoms with Crippen LogP contribution in [0.4, 0.5) is 0 Å². The summed E-state index contributed by atoms with van der Waals surface area (Å²) in [6, 6.07) is 3.70. The minimum atomic E-state index is -0.930. The summed E-state index contributed by atoms with van der Waals surface area (Å²) in [4.78, 5) is 2.34. The van der Waals surface area contributed by atoms with Gasteiger partial charge >= 0.3 is 0 Å². The summed E-state index contributed by atoms with van der Waals surface area (Å²) >= 11 is 0. The molecule has 1 aromatic rings. The van der Waals surface area contributed by atoms with Crippen LogP contribution in [0.2, 0.25) is 0 Å². The van der Waals surface area contributed by atoms with E-state index in [0.29, 0.717) is 18.6 Å². The number of phenols is 1. The highest BCUT2D eigenvalue weighted by Crippen LogP contribution is 2.61. The number of rotatable bonds is 5. The van der Waals surface area contributed by atoms with E-state index in [1.165, 1.54) is 12.8 Å². The molecule has 2 N–H and O–H groups in total. The SMILES string of the molecule is COC1(OC)CC[C@]2(O)C3c4c(ccc(O)c4OC31)C[C@H]2N(C)CC1CC1. The van der Waals surface area contributed by atoms with Crippen LogP contribution in [0.1, 0.15) is 42.7 Å². The predicted molar refractivity (Wildman–Crippen MR) is 99.0 cm³/mol. The number of likely N-dealkylation sites (N-methyl/N-ethyl adjacent to an activating group) is 1. The topological polar surface area (TPSA) is 71.4 Å². The van der Waals surface area contributed by atoms with E-state index in [0.717, 1.165) is 30.0 Å². The summed E-state index contributed by atoms with van der Waals surface area (Å²) in [5.41, 5.74) is 1.16. The summed E-state index contributed by atoms with van der Waals surface area (Å²) in [6.07, 6.45) is 3.99. The van der Waals surface area contributed by atoms with Crippen LogP contribution in [0.25, 0.3) is 0 Å². The van der Waals surface area contributed by atoms with Gasteiger partial charge in [0.25, 0.3) is 0 Å². The van der Waals surface area contributed by atoms with Gasteiger partial charge in [-0.2, -0.15) is 0 Å². The molecule has 0 spiro atoms. The first-order valence-corrected chi connectivity index (χ1v) is 9.98. The molecule has 1 aromatic carbocycles. The van der Waals surface area contributed by atoms with Crippen LogP contribution in [-0.2, 0) is 15.9 Å². The number of nitrogens with zero attached hydrogens (tertiary/aromatic N) is 1. The molecule has 0 saturated heterocycles. The van der Waals surface area contributed by atoms with E-state index in [4.69, 9.17) is 14.2 Å². The lowest BCUT2D eigenvalue weighted by molar-refractivity contribution is -0.292. The van der Waals surface area contributed by atoms with Crippen molar-refractivity contribution in [3.63, 3.8) is 0 Å². The Kier molecular flexibility index (Phi) is 3.83. The zero-order chi connectivity index (χ0) is 19.0. The molecular weight excluding hydrogens is 346 g/mol. The first-order valence-electron chi connectivity index (χ1n) is 9.98. The molecule has 4 atom stereocenters. The molecule has 148 valence electrons. The Morgan fingerprint density at radius 2 is 1.96 bits per heavy atom. The van der Waals surface area contributed by atoms with Crippen LogP contribution < -0.4 is 4.74 Å². The Morgan fingerprint density at radius 1 is 1.22 bits per heavy atom. The van der Waals surface area contributed by atoms with Crippen LogP contribution in [0.3, 0.4) is 0 Å². The molecule has 0 aromatic heterocycles. The molecule has 0 radical (unpaired) electrons. The Morgan fingerprint density at radius 3 is 2.63 bits per heavy atom. The second kappa shape index (κ2) is 5.83. The fourth-order valence-electron chi connectivity index (χ4n) is 5.80. The molecule has 2 fully saturated rings. The van der Waals surface area contributed by atoms with Gasteiger partial charge in [-0.25, -0.2) is 0 Å². The second-order valence-electron chi connectivity index (χ2n) is 8.82. The fourth-order valence-corrected chi connectivity index (χ4v) is 5.80. The minimum Gasteiger partial charge on any atom is -0.504 e. The van der Waals surface area contributed by atoms with Crippen LogP contribution >= 0.6 is 0 Å². The third-order valence-corrected chi connectivity index (χ3v) is 7.43. The first-order chi connectivity index (χ1) is 12.9. The fraction of sp³-hybridized carbons (Fsp3) is 0.714. The summed E-state index contributed by atoms with van der Waals surface area (Å²) in [7, 11) is 5.38. The number of hydrogen-bond acceptors (Lipinski definition) is 6. The van der Waals surface area contributed by atoms with Crippen LogP contribution in [0.15, 0.2) is 12.1 Å². The van der Waals surface area contributed by atoms with Crippen molar-refractivity contribution in [2.75, 3.05) is 27.8 Å². The van der Waals surface area contributed by atoms with Crippen molar-refractivity contribution in [2.45, 2.75) is 61.6 Å². The quantitative estimate of drug-likeness (QED) is 0.768. The molecular formula is C21H29NO5. The summed E-state index contributed by atoms with van der Waals surface area (Å²) < 4.78 is 17.8. The molecule has 27 heavy (non-hydrogen) atoms. The number of methoxy groups -OCH3 is 2. The van der Waals surface area contributed by atoms with Gasteiger partial charge in [0.05, 0.1) is 11.5 Å². The Hall–Kier alpha value is -1.34. The van der Waals surface area contributed by atoms with Gasteiger partial charge in [0.1, 0.15) is 0 Å². The van der Waals surface area contributed by atoms with Gasteiger partial charge < -0.3 is 24.4 Å². The number of benzene rings is 1. The maximum Gasteiger partial charge on any atom is 0.206 e. The number of aromatic hydroxyl groups is 1. The van der Waals surface area contributed by atoms with Crippen molar-refractivity contribution in [3.05, 3.63) is 23.3 Å². The minimum absolute atomic E-state index is 0.0175. The van der Waals surface area contributed by atoms with E-state index >= 15 is 0 Å². The Bertz CT molecular complexity index is 759. The molecule has 6 heteroatoms. The maximum atomic E-state index is 12.0. The normalized spacial score (nSPS) is 35.8. The molecule has 2 unspecified atom stereocenters. The Balaban J connectivity index is 1.63. The van der Waals surface area contributed by atoms with E-state index in [1.54, 1.807) is 20.3 Å². The summed E-state index contributed by atoms with van der Waals surface area (Å²) in [5, 5.41) is 22.4. The third kappa shape index (κ3) is 2.33. The highest BCUT2D eigenvalue weighted by atomic mass is 16.7. The van der Waals surface area contributed by atoms with Crippen molar-refractivity contribution < 1.29 is 24.4 Å². The largest absolute Gasteiger partial charge is 0.504 e. The van der Waals surface area contributed by atoms with Crippen molar-refractivity contribution in [1.29, 1.82) is 0 Å². The molecule has 0 amide bonds. The number of aliphatic hydroxyl groups is 1. The van der Waals surface area contributed by atoms with Crippen molar-refractivity contribution in [3.8, 4) is 11.5 Å². The number of ether oxygens (including phenoxy) is 3. The lowest BCUT2D eigenvalue weighted by Gasteiger charge is -2.55. The van der Waals surface area contributed by atoms with Crippen LogP contribution in [-0.4, -0.2) is 66.5 Å². The van der Waals surface area contributed by atoms with Gasteiger partial charge in [-0.15, -0.1) is 0 Å². The molecule has 6 nitrogen and oxygen atoms in total. The van der Waals surface area contributed by atoms with Gasteiger partial charge in [-0.05, 0) is 50.3 Å². The lowest BCUT2D eigenvalue weighted by atomic mass is 9.60. The van der Waals surface area contributed by atoms with Crippen molar-refractivity contribution in [1.82, 2.24) is 4.90 Å². The molecule has 1 heterocycles. The average molecular weight is 375 g/mol. The smallest absolute Gasteiger partial charge is 0.206 e. The molecule has 1 aliphatic heterocycles. The molecule has 0 bridgehead atoms. The monoisotopic (exact) mass is 375 g/mol. The second-order valence-corrected chi connectivity index (χ2v) is 8.82. The highest BCUT2D eigenvalue weighted by Gasteiger charge is 2.66. The van der Waals surface area contributed by atoms with Gasteiger partial charge in [0.15, 0.2) is 17.6 Å². The zero-order valence-electron chi connectivity index (χ0n) is 16.3. The van der Waals surface area contributed by atoms with Crippen molar-refractivity contribution in [2.24, 2.45) is 5.92 Å². The molecule has 5 rings (SSSR count). The zero-order valence-corrected chi connectivity index (χ0v) is 16.3. The van der Waals surface area contributed by atoms with E-state index in [1.807, 2.05) is 6.07 Å². The van der Waals surface area contributed by atoms with Crippen LogP contribution in [0, 0.1) is 5.92 Å². The third-order valence-electron chi connectivity index (χ3n) is 7.43. The van der Waals surface area contributed by atoms with Gasteiger partial charge in [0.2, 0.25) is 5.79 Å². The standard InChI is InChI=1S/C21H29NO5/c1-22(11-12-4-5-12)15-10-13-6-7-14(23)18-16(13)17-19(27-18)21(25-2,26-3)9-8-20(15,17)24/h6-7,12,15,17,19,23-24H,4-5,8-11H2,1-3H3/t15-,17?,19?,20-/m1/s1. The lowest BCUT2D eigenvalue weighted by Crippen LogP contribution is -2.67. The summed E-state index contributed by atoms with van der Waals surface area (Å²) in [5.74, 6) is 0.174. The first kappa shape index (κ1) is 17.7. The van der Waals surface area contributed by atoms with Crippen LogP contribution in [0.5, 0.6) is 11.5 Å². The number of phenolic OH excluding ortho intramolecular Hbond substituents is 1. The van der Waals surface area contributed by atoms with E-state index in [2.05, 4.69) is 11.9 Å². The van der Waals surface area contributed by atoms with Gasteiger partial charge in [-0.1, -0.05) is 6.07 Å². The van der Waals surface area contributed by atoms with E-state index < -0.39 is 17.5 Å². The van der Waals surface area contributed by atoms with Crippen molar-refractivity contribution >= 4 is 0 Å². The average Bonchev–Trinajstić information content (AvgIpc) is 3.37. The van der Waals surface area contributed by atoms with E-state index in [9.17, 15) is 10.2 Å². The molecule has 3 aliphatic carbocycles. The number of hydrogen-bond donors (Lipinski definition) is 2. The maximum absolute atomic E-state index is 12.0.